The van der Waals surface area contributed by atoms with Crippen molar-refractivity contribution < 1.29 is 23.9 Å². The Morgan fingerprint density at radius 2 is 1.96 bits per heavy atom. The van der Waals surface area contributed by atoms with Crippen molar-refractivity contribution in [2.45, 2.75) is 47.6 Å². The molecule has 0 unspecified atom stereocenters. The summed E-state index contributed by atoms with van der Waals surface area (Å²) in [7, 11) is 0. The summed E-state index contributed by atoms with van der Waals surface area (Å²) in [5, 5.41) is 11.2. The monoisotopic (exact) mass is 389 g/mol. The first kappa shape index (κ1) is 23.0. The van der Waals surface area contributed by atoms with Gasteiger partial charge in [0.15, 0.2) is 6.61 Å². The fourth-order valence-corrected chi connectivity index (χ4v) is 2.52. The number of ether oxygens (including phenoxy) is 2. The van der Waals surface area contributed by atoms with E-state index in [1.165, 1.54) is 6.08 Å². The molecular formula is C20H27N3O5. The van der Waals surface area contributed by atoms with E-state index in [9.17, 15) is 19.6 Å². The molecule has 152 valence electrons. The van der Waals surface area contributed by atoms with Crippen molar-refractivity contribution in [1.82, 2.24) is 9.88 Å². The Morgan fingerprint density at radius 3 is 2.54 bits per heavy atom. The molecule has 0 saturated heterocycles. The van der Waals surface area contributed by atoms with Gasteiger partial charge in [-0.25, -0.2) is 9.59 Å². The van der Waals surface area contributed by atoms with Crippen LogP contribution in [0, 0.1) is 31.1 Å². The van der Waals surface area contributed by atoms with Gasteiger partial charge < -0.3 is 14.0 Å². The minimum Gasteiger partial charge on any atom is -0.451 e. The lowest BCUT2D eigenvalue weighted by Crippen LogP contribution is -2.34. The Balaban J connectivity index is 2.82. The van der Waals surface area contributed by atoms with Gasteiger partial charge in [0, 0.05) is 17.9 Å². The minimum absolute atomic E-state index is 0.107. The quantitative estimate of drug-likeness (QED) is 0.416. The van der Waals surface area contributed by atoms with Gasteiger partial charge in [0.2, 0.25) is 0 Å². The second kappa shape index (κ2) is 10.9. The number of hydrogen-bond donors (Lipinski definition) is 1. The third-order valence-corrected chi connectivity index (χ3v) is 4.03. The summed E-state index contributed by atoms with van der Waals surface area (Å²) >= 11 is 0. The van der Waals surface area contributed by atoms with E-state index in [1.807, 2.05) is 25.2 Å². The summed E-state index contributed by atoms with van der Waals surface area (Å²) in [6.45, 7) is 10.0. The number of hydrogen-bond acceptors (Lipinski definition) is 6. The lowest BCUT2D eigenvalue weighted by atomic mass is 10.1. The van der Waals surface area contributed by atoms with Gasteiger partial charge in [-0.2, -0.15) is 5.26 Å². The van der Waals surface area contributed by atoms with Crippen LogP contribution in [0.3, 0.4) is 0 Å². The molecule has 8 nitrogen and oxygen atoms in total. The number of rotatable bonds is 8. The number of esters is 1. The Kier molecular flexibility index (Phi) is 8.96. The van der Waals surface area contributed by atoms with Crippen LogP contribution in [0.25, 0.3) is 6.08 Å². The molecule has 0 spiro atoms. The number of aromatic nitrogens is 1. The molecule has 0 aliphatic heterocycles. The maximum absolute atomic E-state index is 12.1. The highest BCUT2D eigenvalue weighted by Gasteiger charge is 2.16. The Hall–Kier alpha value is -3.08. The average Bonchev–Trinajstić information content (AvgIpc) is 2.89. The van der Waals surface area contributed by atoms with E-state index in [4.69, 9.17) is 4.74 Å². The van der Waals surface area contributed by atoms with Crippen LogP contribution in [-0.2, 0) is 25.6 Å². The molecule has 1 N–H and O–H groups in total. The lowest BCUT2D eigenvalue weighted by Gasteiger charge is -2.11. The van der Waals surface area contributed by atoms with E-state index in [2.05, 4.69) is 23.2 Å². The van der Waals surface area contributed by atoms with Crippen LogP contribution in [0.1, 0.15) is 44.1 Å². The van der Waals surface area contributed by atoms with Crippen LogP contribution in [0.2, 0.25) is 0 Å². The molecule has 28 heavy (non-hydrogen) atoms. The fraction of sp³-hybridized carbons (Fsp3) is 0.500. The largest absolute Gasteiger partial charge is 0.451 e. The highest BCUT2D eigenvalue weighted by molar-refractivity contribution is 6.00. The van der Waals surface area contributed by atoms with Crippen LogP contribution in [0.4, 0.5) is 4.79 Å². The number of nitrogens with one attached hydrogen (secondary N) is 1. The van der Waals surface area contributed by atoms with E-state index >= 15 is 0 Å². The Labute approximate surface area is 165 Å². The van der Waals surface area contributed by atoms with Crippen LogP contribution in [-0.4, -0.2) is 35.8 Å². The van der Waals surface area contributed by atoms with Crippen LogP contribution >= 0.6 is 0 Å². The molecule has 0 atom stereocenters. The lowest BCUT2D eigenvalue weighted by molar-refractivity contribution is -0.144. The third kappa shape index (κ3) is 6.91. The highest BCUT2D eigenvalue weighted by Crippen LogP contribution is 2.20. The van der Waals surface area contributed by atoms with Crippen molar-refractivity contribution in [2.75, 3.05) is 13.2 Å². The predicted octanol–water partition coefficient (Wildman–Crippen LogP) is 2.87. The van der Waals surface area contributed by atoms with Crippen molar-refractivity contribution in [1.29, 1.82) is 5.26 Å². The van der Waals surface area contributed by atoms with E-state index in [-0.39, 0.29) is 12.2 Å². The topological polar surface area (TPSA) is 110 Å². The summed E-state index contributed by atoms with van der Waals surface area (Å²) in [5.41, 5.74) is 2.49. The maximum atomic E-state index is 12.1. The number of carbonyl (C=O) groups excluding carboxylic acids is 3. The van der Waals surface area contributed by atoms with Gasteiger partial charge in [-0.1, -0.05) is 13.8 Å². The second-order valence-corrected chi connectivity index (χ2v) is 6.68. The van der Waals surface area contributed by atoms with E-state index in [1.54, 1.807) is 13.0 Å². The van der Waals surface area contributed by atoms with Crippen LogP contribution in [0.15, 0.2) is 11.6 Å². The minimum atomic E-state index is -0.937. The first-order valence-electron chi connectivity index (χ1n) is 9.11. The molecule has 0 bridgehead atoms. The third-order valence-electron chi connectivity index (χ3n) is 4.03. The van der Waals surface area contributed by atoms with Gasteiger partial charge in [0.25, 0.3) is 5.91 Å². The number of nitriles is 1. The molecule has 0 fully saturated rings. The molecule has 1 aromatic rings. The van der Waals surface area contributed by atoms with Crippen LogP contribution < -0.4 is 5.32 Å². The molecule has 0 aromatic carbocycles. The molecule has 1 heterocycles. The molecule has 1 rings (SSSR count). The number of amides is 2. The summed E-state index contributed by atoms with van der Waals surface area (Å²) in [4.78, 5) is 34.8. The molecule has 8 heteroatoms. The maximum Gasteiger partial charge on any atom is 0.413 e. The predicted molar refractivity (Wildman–Crippen MR) is 103 cm³/mol. The fourth-order valence-electron chi connectivity index (χ4n) is 2.52. The van der Waals surface area contributed by atoms with Crippen molar-refractivity contribution >= 4 is 24.0 Å². The van der Waals surface area contributed by atoms with Gasteiger partial charge in [-0.05, 0) is 50.8 Å². The number of nitrogens with zero attached hydrogens (tertiary/aromatic N) is 2. The van der Waals surface area contributed by atoms with Crippen LogP contribution in [0.5, 0.6) is 0 Å². The van der Waals surface area contributed by atoms with Crippen molar-refractivity contribution in [3.63, 3.8) is 0 Å². The van der Waals surface area contributed by atoms with Crippen molar-refractivity contribution in [2.24, 2.45) is 5.92 Å². The zero-order chi connectivity index (χ0) is 21.3. The molecule has 0 radical (unpaired) electrons. The average molecular weight is 389 g/mol. The molecule has 0 aliphatic carbocycles. The van der Waals surface area contributed by atoms with Crippen molar-refractivity contribution in [3.05, 3.63) is 28.6 Å². The highest BCUT2D eigenvalue weighted by atomic mass is 16.6. The molecule has 2 amide bonds. The zero-order valence-electron chi connectivity index (χ0n) is 17.0. The summed E-state index contributed by atoms with van der Waals surface area (Å²) in [6, 6.07) is 3.69. The number of aryl methyl sites for hydroxylation is 1. The summed E-state index contributed by atoms with van der Waals surface area (Å²) < 4.78 is 11.5. The molecule has 1 aromatic heterocycles. The smallest absolute Gasteiger partial charge is 0.413 e. The molecule has 0 aliphatic rings. The number of carbonyl (C=O) groups is 3. The standard InChI is InChI=1S/C20H27N3O5/c1-6-27-20(26)22-18(24)12-28-19(25)17(11-21)10-16-9-14(4)23(15(16)5)8-7-13(2)3/h9-10,13H,6-8,12H2,1-5H3,(H,22,24,26)/b17-10+. The zero-order valence-corrected chi connectivity index (χ0v) is 17.0. The van der Waals surface area contributed by atoms with E-state index in [0.717, 1.165) is 29.9 Å². The van der Waals surface area contributed by atoms with Gasteiger partial charge in [-0.15, -0.1) is 0 Å². The van der Waals surface area contributed by atoms with Gasteiger partial charge >= 0.3 is 12.1 Å². The number of alkyl carbamates (subject to hydrolysis) is 1. The Morgan fingerprint density at radius 1 is 1.29 bits per heavy atom. The molecule has 0 saturated carbocycles. The second-order valence-electron chi connectivity index (χ2n) is 6.68. The number of imide groups is 1. The first-order valence-corrected chi connectivity index (χ1v) is 9.11. The van der Waals surface area contributed by atoms with Crippen molar-refractivity contribution in [3.8, 4) is 6.07 Å². The Bertz CT molecular complexity index is 799. The summed E-state index contributed by atoms with van der Waals surface area (Å²) in [6.07, 6.45) is 1.54. The normalized spacial score (nSPS) is 11.1. The van der Waals surface area contributed by atoms with Gasteiger partial charge in [-0.3, -0.25) is 10.1 Å². The van der Waals surface area contributed by atoms with Gasteiger partial charge in [0.05, 0.1) is 6.61 Å². The van der Waals surface area contributed by atoms with E-state index < -0.39 is 24.6 Å². The SMILES string of the molecule is CCOC(=O)NC(=O)COC(=O)/C(C#N)=C/c1cc(C)n(CCC(C)C)c1C. The summed E-state index contributed by atoms with van der Waals surface area (Å²) in [5.74, 6) is -1.21. The molecular weight excluding hydrogens is 362 g/mol. The van der Waals surface area contributed by atoms with Gasteiger partial charge in [0.1, 0.15) is 11.6 Å². The first-order chi connectivity index (χ1) is 13.2. The van der Waals surface area contributed by atoms with E-state index in [0.29, 0.717) is 5.92 Å².